The van der Waals surface area contributed by atoms with E-state index in [-0.39, 0.29) is 0 Å². The van der Waals surface area contributed by atoms with E-state index in [4.69, 9.17) is 5.73 Å². The Bertz CT molecular complexity index is 436. The van der Waals surface area contributed by atoms with Crippen molar-refractivity contribution in [3.63, 3.8) is 0 Å². The molecule has 0 saturated heterocycles. The maximum Gasteiger partial charge on any atom is 0.0693 e. The normalized spacial score (nSPS) is 11.0. The van der Waals surface area contributed by atoms with Gasteiger partial charge in [-0.05, 0) is 25.1 Å². The van der Waals surface area contributed by atoms with E-state index >= 15 is 0 Å². The van der Waals surface area contributed by atoms with Gasteiger partial charge in [0, 0.05) is 16.4 Å². The molecule has 3 nitrogen and oxygen atoms in total. The molecule has 0 amide bonds. The second kappa shape index (κ2) is 4.11. The van der Waals surface area contributed by atoms with Crippen LogP contribution in [0.25, 0.3) is 10.9 Å². The molecule has 0 aliphatic carbocycles. The van der Waals surface area contributed by atoms with Gasteiger partial charge >= 0.3 is 0 Å². The molecule has 0 spiro atoms. The van der Waals surface area contributed by atoms with Crippen molar-refractivity contribution < 1.29 is 0 Å². The minimum Gasteiger partial charge on any atom is -0.330 e. The highest BCUT2D eigenvalue weighted by Crippen LogP contribution is 2.23. The lowest BCUT2D eigenvalue weighted by molar-refractivity contribution is 0.602. The van der Waals surface area contributed by atoms with E-state index < -0.39 is 0 Å². The van der Waals surface area contributed by atoms with E-state index in [1.807, 2.05) is 23.0 Å². The molecule has 4 heteroatoms. The zero-order valence-electron chi connectivity index (χ0n) is 7.78. The topological polar surface area (TPSA) is 43.8 Å². The van der Waals surface area contributed by atoms with Gasteiger partial charge in [0.15, 0.2) is 0 Å². The first kappa shape index (κ1) is 9.68. The second-order valence-electron chi connectivity index (χ2n) is 3.18. The lowest BCUT2D eigenvalue weighted by Crippen LogP contribution is -2.06. The smallest absolute Gasteiger partial charge is 0.0693 e. The number of halogens is 1. The molecule has 74 valence electrons. The van der Waals surface area contributed by atoms with E-state index in [0.29, 0.717) is 6.54 Å². The maximum absolute atomic E-state index is 5.47. The molecule has 0 bridgehead atoms. The quantitative estimate of drug-likeness (QED) is 0.911. The molecule has 1 aromatic carbocycles. The van der Waals surface area contributed by atoms with E-state index in [1.54, 1.807) is 0 Å². The predicted octanol–water partition coefficient (Wildman–Crippen LogP) is 2.15. The highest BCUT2D eigenvalue weighted by Gasteiger charge is 2.03. The fourth-order valence-electron chi connectivity index (χ4n) is 1.49. The van der Waals surface area contributed by atoms with Crippen molar-refractivity contribution >= 4 is 26.8 Å². The van der Waals surface area contributed by atoms with Gasteiger partial charge in [-0.15, -0.1) is 0 Å². The van der Waals surface area contributed by atoms with Crippen molar-refractivity contribution in [2.24, 2.45) is 5.73 Å². The summed E-state index contributed by atoms with van der Waals surface area (Å²) in [6, 6.07) is 6.12. The molecule has 0 aliphatic heterocycles. The summed E-state index contributed by atoms with van der Waals surface area (Å²) in [6.45, 7) is 1.59. The molecule has 1 heterocycles. The number of aryl methyl sites for hydroxylation is 1. The van der Waals surface area contributed by atoms with Crippen molar-refractivity contribution in [2.75, 3.05) is 6.54 Å². The average molecular weight is 254 g/mol. The SMILES string of the molecule is NCCCn1ncc2c(Br)cccc21. The Morgan fingerprint density at radius 1 is 1.43 bits per heavy atom. The minimum absolute atomic E-state index is 0.704. The highest BCUT2D eigenvalue weighted by molar-refractivity contribution is 9.10. The number of rotatable bonds is 3. The Labute approximate surface area is 91.0 Å². The summed E-state index contributed by atoms with van der Waals surface area (Å²) >= 11 is 3.50. The average Bonchev–Trinajstić information content (AvgIpc) is 2.60. The van der Waals surface area contributed by atoms with Crippen LogP contribution in [-0.2, 0) is 6.54 Å². The van der Waals surface area contributed by atoms with E-state index in [0.717, 1.165) is 28.3 Å². The lowest BCUT2D eigenvalue weighted by atomic mass is 10.2. The van der Waals surface area contributed by atoms with Crippen molar-refractivity contribution in [1.82, 2.24) is 9.78 Å². The molecule has 14 heavy (non-hydrogen) atoms. The highest BCUT2D eigenvalue weighted by atomic mass is 79.9. The van der Waals surface area contributed by atoms with Crippen LogP contribution in [0, 0.1) is 0 Å². The van der Waals surface area contributed by atoms with Crippen LogP contribution in [0.4, 0.5) is 0 Å². The van der Waals surface area contributed by atoms with Gasteiger partial charge in [0.05, 0.1) is 11.7 Å². The summed E-state index contributed by atoms with van der Waals surface area (Å²) < 4.78 is 3.08. The Kier molecular flexibility index (Phi) is 2.84. The molecular formula is C10H12BrN3. The molecule has 0 radical (unpaired) electrons. The van der Waals surface area contributed by atoms with Crippen LogP contribution >= 0.6 is 15.9 Å². The first-order chi connectivity index (χ1) is 6.83. The van der Waals surface area contributed by atoms with E-state index in [1.165, 1.54) is 0 Å². The summed E-state index contributed by atoms with van der Waals surface area (Å²) in [4.78, 5) is 0. The molecule has 1 aromatic heterocycles. The molecule has 2 rings (SSSR count). The zero-order chi connectivity index (χ0) is 9.97. The Hall–Kier alpha value is -0.870. The third kappa shape index (κ3) is 1.67. The van der Waals surface area contributed by atoms with Crippen LogP contribution in [0.1, 0.15) is 6.42 Å². The number of hydrogen-bond acceptors (Lipinski definition) is 2. The van der Waals surface area contributed by atoms with Crippen LogP contribution < -0.4 is 5.73 Å². The van der Waals surface area contributed by atoms with Gasteiger partial charge in [-0.1, -0.05) is 22.0 Å². The number of benzene rings is 1. The largest absolute Gasteiger partial charge is 0.330 e. The summed E-state index contributed by atoms with van der Waals surface area (Å²) in [5.74, 6) is 0. The van der Waals surface area contributed by atoms with Crippen LogP contribution in [0.15, 0.2) is 28.9 Å². The first-order valence-corrected chi connectivity index (χ1v) is 5.42. The molecule has 2 N–H and O–H groups in total. The standard InChI is InChI=1S/C10H12BrN3/c11-9-3-1-4-10-8(9)7-13-14(10)6-2-5-12/h1,3-4,7H,2,5-6,12H2. The Morgan fingerprint density at radius 2 is 2.29 bits per heavy atom. The number of hydrogen-bond donors (Lipinski definition) is 1. The molecule has 0 unspecified atom stereocenters. The third-order valence-corrected chi connectivity index (χ3v) is 2.90. The summed E-state index contributed by atoms with van der Waals surface area (Å²) in [7, 11) is 0. The van der Waals surface area contributed by atoms with Gasteiger partial charge in [0.25, 0.3) is 0 Å². The number of aromatic nitrogens is 2. The van der Waals surface area contributed by atoms with Crippen molar-refractivity contribution in [2.45, 2.75) is 13.0 Å². The lowest BCUT2D eigenvalue weighted by Gasteiger charge is -2.01. The minimum atomic E-state index is 0.704. The van der Waals surface area contributed by atoms with Crippen LogP contribution in [0.2, 0.25) is 0 Å². The van der Waals surface area contributed by atoms with Gasteiger partial charge < -0.3 is 5.73 Å². The van der Waals surface area contributed by atoms with E-state index in [9.17, 15) is 0 Å². The molecular weight excluding hydrogens is 242 g/mol. The van der Waals surface area contributed by atoms with Gasteiger partial charge in [-0.3, -0.25) is 4.68 Å². The maximum atomic E-state index is 5.47. The van der Waals surface area contributed by atoms with Crippen molar-refractivity contribution in [3.05, 3.63) is 28.9 Å². The Balaban J connectivity index is 2.42. The number of nitrogens with two attached hydrogens (primary N) is 1. The van der Waals surface area contributed by atoms with Gasteiger partial charge in [0.2, 0.25) is 0 Å². The van der Waals surface area contributed by atoms with E-state index in [2.05, 4.69) is 27.1 Å². The number of nitrogens with zero attached hydrogens (tertiary/aromatic N) is 2. The third-order valence-electron chi connectivity index (χ3n) is 2.21. The van der Waals surface area contributed by atoms with Gasteiger partial charge in [0.1, 0.15) is 0 Å². The van der Waals surface area contributed by atoms with Crippen LogP contribution in [0.5, 0.6) is 0 Å². The molecule has 0 fully saturated rings. The van der Waals surface area contributed by atoms with Crippen LogP contribution in [-0.4, -0.2) is 16.3 Å². The fraction of sp³-hybridized carbons (Fsp3) is 0.300. The molecule has 0 saturated carbocycles. The van der Waals surface area contributed by atoms with Crippen molar-refractivity contribution in [1.29, 1.82) is 0 Å². The second-order valence-corrected chi connectivity index (χ2v) is 4.04. The molecule has 2 aromatic rings. The molecule has 0 atom stereocenters. The number of fused-ring (bicyclic) bond motifs is 1. The zero-order valence-corrected chi connectivity index (χ0v) is 9.37. The fourth-order valence-corrected chi connectivity index (χ4v) is 1.95. The van der Waals surface area contributed by atoms with Crippen LogP contribution in [0.3, 0.4) is 0 Å². The summed E-state index contributed by atoms with van der Waals surface area (Å²) in [5, 5.41) is 5.48. The Morgan fingerprint density at radius 3 is 3.07 bits per heavy atom. The van der Waals surface area contributed by atoms with Gasteiger partial charge in [-0.25, -0.2) is 0 Å². The van der Waals surface area contributed by atoms with Crippen molar-refractivity contribution in [3.8, 4) is 0 Å². The summed E-state index contributed by atoms with van der Waals surface area (Å²) in [6.07, 6.45) is 2.85. The summed E-state index contributed by atoms with van der Waals surface area (Å²) in [5.41, 5.74) is 6.63. The van der Waals surface area contributed by atoms with Gasteiger partial charge in [-0.2, -0.15) is 5.10 Å². The molecule has 0 aliphatic rings. The predicted molar refractivity (Wildman–Crippen MR) is 61.1 cm³/mol. The monoisotopic (exact) mass is 253 g/mol. The first-order valence-electron chi connectivity index (χ1n) is 4.63.